The van der Waals surface area contributed by atoms with E-state index in [-0.39, 0.29) is 29.6 Å². The number of aliphatic carboxylic acids is 1. The smallest absolute Gasteiger partial charge is 0.543 e. The molecule has 7 heavy (non-hydrogen) atoms. The van der Waals surface area contributed by atoms with Gasteiger partial charge < -0.3 is 14.7 Å². The summed E-state index contributed by atoms with van der Waals surface area (Å²) in [5.74, 6) is -1.31. The minimum Gasteiger partial charge on any atom is -0.543 e. The SMILES string of the molecule is [C-]#[N+]CC(=O)[O-].[Na+]. The molecule has 0 fully saturated rings. The second kappa shape index (κ2) is 5.96. The fraction of sp³-hybridized carbons (Fsp3) is 0.333. The number of nitrogens with zero attached hydrogens (tertiary/aromatic N) is 1. The third-order valence-electron chi connectivity index (χ3n) is 0.208. The number of carboxylic acid groups (broad SMARTS) is 1. The molecule has 0 rings (SSSR count). The van der Waals surface area contributed by atoms with Gasteiger partial charge in [-0.15, -0.1) is 0 Å². The maximum Gasteiger partial charge on any atom is 1.00 e. The molecule has 0 aromatic heterocycles. The van der Waals surface area contributed by atoms with Gasteiger partial charge in [0.15, 0.2) is 0 Å². The summed E-state index contributed by atoms with van der Waals surface area (Å²) in [5, 5.41) is 9.27. The summed E-state index contributed by atoms with van der Waals surface area (Å²) in [6.45, 7) is 5.41. The van der Waals surface area contributed by atoms with Crippen LogP contribution in [-0.4, -0.2) is 12.5 Å². The van der Waals surface area contributed by atoms with Gasteiger partial charge in [-0.2, -0.15) is 0 Å². The molecule has 0 aliphatic heterocycles. The van der Waals surface area contributed by atoms with Crippen LogP contribution in [0.2, 0.25) is 0 Å². The number of carbonyl (C=O) groups excluding carboxylic acids is 1. The molecule has 0 spiro atoms. The van der Waals surface area contributed by atoms with E-state index in [1.807, 2.05) is 0 Å². The van der Waals surface area contributed by atoms with E-state index in [9.17, 15) is 9.90 Å². The van der Waals surface area contributed by atoms with Crippen molar-refractivity contribution < 1.29 is 39.5 Å². The van der Waals surface area contributed by atoms with E-state index < -0.39 is 12.5 Å². The predicted octanol–water partition coefficient (Wildman–Crippen LogP) is -4.34. The minimum atomic E-state index is -1.31. The second-order valence-electron chi connectivity index (χ2n) is 0.688. The number of hydrogen-bond acceptors (Lipinski definition) is 2. The summed E-state index contributed by atoms with van der Waals surface area (Å²) in [5.41, 5.74) is 0. The monoisotopic (exact) mass is 107 g/mol. The van der Waals surface area contributed by atoms with Crippen LogP contribution in [0.5, 0.6) is 0 Å². The Hall–Kier alpha value is -0.0400. The molecule has 0 saturated heterocycles. The zero-order valence-corrected chi connectivity index (χ0v) is 5.97. The van der Waals surface area contributed by atoms with Crippen molar-refractivity contribution in [2.24, 2.45) is 0 Å². The van der Waals surface area contributed by atoms with Crippen LogP contribution in [0.15, 0.2) is 0 Å². The third kappa shape index (κ3) is 10.7. The van der Waals surface area contributed by atoms with Crippen molar-refractivity contribution in [2.75, 3.05) is 6.54 Å². The molecule has 0 aromatic rings. The Kier molecular flexibility index (Phi) is 8.56. The van der Waals surface area contributed by atoms with Gasteiger partial charge in [0.1, 0.15) is 5.97 Å². The molecule has 0 atom stereocenters. The first-order valence-corrected chi connectivity index (χ1v) is 1.30. The van der Waals surface area contributed by atoms with Gasteiger partial charge in [-0.25, -0.2) is 6.57 Å². The van der Waals surface area contributed by atoms with Crippen molar-refractivity contribution in [2.45, 2.75) is 0 Å². The van der Waals surface area contributed by atoms with E-state index in [1.54, 1.807) is 0 Å². The first kappa shape index (κ1) is 10.0. The van der Waals surface area contributed by atoms with Crippen LogP contribution < -0.4 is 34.7 Å². The van der Waals surface area contributed by atoms with Crippen molar-refractivity contribution in [3.63, 3.8) is 0 Å². The van der Waals surface area contributed by atoms with E-state index in [1.165, 1.54) is 0 Å². The van der Waals surface area contributed by atoms with Crippen LogP contribution in [0.4, 0.5) is 0 Å². The maximum absolute atomic E-state index is 9.27. The molecule has 0 saturated carbocycles. The van der Waals surface area contributed by atoms with Gasteiger partial charge in [0.25, 0.3) is 6.54 Å². The summed E-state index contributed by atoms with van der Waals surface area (Å²) < 4.78 is 0. The van der Waals surface area contributed by atoms with Crippen molar-refractivity contribution in [3.8, 4) is 0 Å². The molecular weight excluding hydrogens is 105 g/mol. The van der Waals surface area contributed by atoms with Gasteiger partial charge in [0.2, 0.25) is 0 Å². The molecule has 0 aromatic carbocycles. The number of hydrogen-bond donors (Lipinski definition) is 0. The van der Waals surface area contributed by atoms with E-state index in [0.717, 1.165) is 0 Å². The molecule has 4 heteroatoms. The first-order valence-electron chi connectivity index (χ1n) is 1.30. The summed E-state index contributed by atoms with van der Waals surface area (Å²) in [7, 11) is 0. The van der Waals surface area contributed by atoms with Gasteiger partial charge in [0, 0.05) is 0 Å². The van der Waals surface area contributed by atoms with Gasteiger partial charge in [-0.05, 0) is 0 Å². The normalized spacial score (nSPS) is 5.57. The Morgan fingerprint density at radius 1 is 1.86 bits per heavy atom. The summed E-state index contributed by atoms with van der Waals surface area (Å²) in [6, 6.07) is 0. The molecule has 0 unspecified atom stereocenters. The number of rotatable bonds is 1. The van der Waals surface area contributed by atoms with Crippen LogP contribution in [0.3, 0.4) is 0 Å². The first-order chi connectivity index (χ1) is 2.77. The van der Waals surface area contributed by atoms with Gasteiger partial charge in [-0.3, -0.25) is 0 Å². The van der Waals surface area contributed by atoms with E-state index in [2.05, 4.69) is 4.85 Å². The van der Waals surface area contributed by atoms with Crippen LogP contribution in [0.1, 0.15) is 0 Å². The Labute approximate surface area is 63.4 Å². The van der Waals surface area contributed by atoms with Crippen LogP contribution in [-0.2, 0) is 4.79 Å². The van der Waals surface area contributed by atoms with Crippen molar-refractivity contribution in [3.05, 3.63) is 11.4 Å². The fourth-order valence-electron chi connectivity index (χ4n) is 0.0645. The molecule has 0 aliphatic carbocycles. The molecule has 0 bridgehead atoms. The standard InChI is InChI=1S/C3H3NO2.Na/c1-4-2-3(5)6;/h2H2,(H,5,6);/q;+1/p-1. The third-order valence-corrected chi connectivity index (χ3v) is 0.208. The van der Waals surface area contributed by atoms with Crippen LogP contribution in [0.25, 0.3) is 4.85 Å². The maximum atomic E-state index is 9.27. The number of carbonyl (C=O) groups is 1. The topological polar surface area (TPSA) is 44.5 Å². The molecule has 0 N–H and O–H groups in total. The molecular formula is C3H2NNaO2. The molecule has 0 heterocycles. The van der Waals surface area contributed by atoms with Crippen molar-refractivity contribution in [1.29, 1.82) is 0 Å². The average Bonchev–Trinajstić information content (AvgIpc) is 1.35. The van der Waals surface area contributed by atoms with E-state index in [4.69, 9.17) is 6.57 Å². The Morgan fingerprint density at radius 2 is 2.29 bits per heavy atom. The van der Waals surface area contributed by atoms with Gasteiger partial charge in [0.05, 0.1) is 0 Å². The number of carboxylic acids is 1. The largest absolute Gasteiger partial charge is 1.00 e. The zero-order valence-electron chi connectivity index (χ0n) is 3.97. The van der Waals surface area contributed by atoms with Gasteiger partial charge in [-0.1, -0.05) is 0 Å². The molecule has 0 amide bonds. The van der Waals surface area contributed by atoms with Crippen LogP contribution >= 0.6 is 0 Å². The minimum absolute atomic E-state index is 0. The van der Waals surface area contributed by atoms with Crippen molar-refractivity contribution >= 4 is 5.97 Å². The van der Waals surface area contributed by atoms with E-state index >= 15 is 0 Å². The zero-order chi connectivity index (χ0) is 4.99. The fourth-order valence-corrected chi connectivity index (χ4v) is 0.0645. The Bertz CT molecular complexity index is 95.6. The van der Waals surface area contributed by atoms with Gasteiger partial charge >= 0.3 is 29.6 Å². The quantitative estimate of drug-likeness (QED) is 0.251. The molecule has 3 nitrogen and oxygen atoms in total. The molecule has 32 valence electrons. The van der Waals surface area contributed by atoms with Crippen molar-refractivity contribution in [1.82, 2.24) is 0 Å². The van der Waals surface area contributed by atoms with Crippen LogP contribution in [0, 0.1) is 6.57 Å². The summed E-state index contributed by atoms with van der Waals surface area (Å²) in [6.07, 6.45) is 0. The molecule has 0 radical (unpaired) electrons. The summed E-state index contributed by atoms with van der Waals surface area (Å²) in [4.78, 5) is 11.8. The van der Waals surface area contributed by atoms with E-state index in [0.29, 0.717) is 0 Å². The average molecular weight is 107 g/mol. The molecule has 0 aliphatic rings. The summed E-state index contributed by atoms with van der Waals surface area (Å²) >= 11 is 0. The Balaban J connectivity index is 0. The Morgan fingerprint density at radius 3 is 2.29 bits per heavy atom. The second-order valence-corrected chi connectivity index (χ2v) is 0.688. The predicted molar refractivity (Wildman–Crippen MR) is 16.5 cm³/mol.